The Hall–Kier alpha value is -0.0500. The molecule has 3 heteroatoms. The van der Waals surface area contributed by atoms with Gasteiger partial charge in [0.15, 0.2) is 0 Å². The van der Waals surface area contributed by atoms with Gasteiger partial charge < -0.3 is 5.73 Å². The Labute approximate surface area is 101 Å². The molecule has 0 spiro atoms. The molecule has 0 aliphatic carbocycles. The van der Waals surface area contributed by atoms with E-state index in [0.29, 0.717) is 0 Å². The van der Waals surface area contributed by atoms with Crippen LogP contribution in [0.15, 0.2) is 28.7 Å². The average Bonchev–Trinajstić information content (AvgIpc) is 2.04. The molecular formula is C11H17BrClN. The topological polar surface area (TPSA) is 26.0 Å². The summed E-state index contributed by atoms with van der Waals surface area (Å²) in [5.74, 6) is 0. The second-order valence-corrected chi connectivity index (χ2v) is 4.76. The maximum absolute atomic E-state index is 5.59. The van der Waals surface area contributed by atoms with E-state index in [-0.39, 0.29) is 17.8 Å². The summed E-state index contributed by atoms with van der Waals surface area (Å²) in [6, 6.07) is 8.33. The van der Waals surface area contributed by atoms with E-state index in [4.69, 9.17) is 5.73 Å². The van der Waals surface area contributed by atoms with E-state index in [1.165, 1.54) is 10.0 Å². The van der Waals surface area contributed by atoms with Crippen molar-refractivity contribution >= 4 is 28.3 Å². The summed E-state index contributed by atoms with van der Waals surface area (Å²) < 4.78 is 1.17. The van der Waals surface area contributed by atoms with Crippen molar-refractivity contribution in [3.63, 3.8) is 0 Å². The molecule has 0 saturated heterocycles. The molecule has 0 bridgehead atoms. The van der Waals surface area contributed by atoms with Crippen molar-refractivity contribution < 1.29 is 0 Å². The summed E-state index contributed by atoms with van der Waals surface area (Å²) in [6.07, 6.45) is 1.01. The first-order valence-corrected chi connectivity index (χ1v) is 5.32. The summed E-state index contributed by atoms with van der Waals surface area (Å²) in [7, 11) is 0. The smallest absolute Gasteiger partial charge is 0.0212 e. The highest BCUT2D eigenvalue weighted by Crippen LogP contribution is 2.31. The minimum atomic E-state index is 0. The van der Waals surface area contributed by atoms with Gasteiger partial charge in [0, 0.05) is 4.47 Å². The molecule has 1 rings (SSSR count). The van der Waals surface area contributed by atoms with Gasteiger partial charge in [-0.15, -0.1) is 12.4 Å². The lowest BCUT2D eigenvalue weighted by Crippen LogP contribution is -2.22. The Morgan fingerprint density at radius 3 is 2.36 bits per heavy atom. The van der Waals surface area contributed by atoms with Crippen molar-refractivity contribution in [1.29, 1.82) is 0 Å². The first-order chi connectivity index (χ1) is 6.08. The van der Waals surface area contributed by atoms with Gasteiger partial charge in [0.2, 0.25) is 0 Å². The highest BCUT2D eigenvalue weighted by Gasteiger charge is 2.21. The maximum atomic E-state index is 5.59. The number of hydrogen-bond acceptors (Lipinski definition) is 1. The fraction of sp³-hybridized carbons (Fsp3) is 0.455. The molecule has 80 valence electrons. The standard InChI is InChI=1S/C11H16BrN.ClH/c1-11(2,7-8-13)9-5-3-4-6-10(9)12;/h3-6H,7-8,13H2,1-2H3;1H. The Morgan fingerprint density at radius 2 is 1.86 bits per heavy atom. The van der Waals surface area contributed by atoms with Crippen LogP contribution in [0.4, 0.5) is 0 Å². The van der Waals surface area contributed by atoms with Gasteiger partial charge in [0.05, 0.1) is 0 Å². The minimum absolute atomic E-state index is 0. The van der Waals surface area contributed by atoms with Crippen LogP contribution in [0, 0.1) is 0 Å². The first-order valence-electron chi connectivity index (χ1n) is 4.53. The zero-order valence-electron chi connectivity index (χ0n) is 8.59. The third kappa shape index (κ3) is 3.26. The van der Waals surface area contributed by atoms with E-state index < -0.39 is 0 Å². The first kappa shape index (κ1) is 13.9. The molecule has 0 aliphatic rings. The van der Waals surface area contributed by atoms with Crippen LogP contribution in [0.2, 0.25) is 0 Å². The number of rotatable bonds is 3. The van der Waals surface area contributed by atoms with E-state index in [1.54, 1.807) is 0 Å². The Kier molecular flexibility index (Phi) is 5.72. The van der Waals surface area contributed by atoms with Crippen molar-refractivity contribution in [1.82, 2.24) is 0 Å². The largest absolute Gasteiger partial charge is 0.330 e. The SMILES string of the molecule is CC(C)(CCN)c1ccccc1Br.Cl. The molecule has 0 aromatic heterocycles. The fourth-order valence-electron chi connectivity index (χ4n) is 1.51. The van der Waals surface area contributed by atoms with Crippen LogP contribution in [0.25, 0.3) is 0 Å². The summed E-state index contributed by atoms with van der Waals surface area (Å²) in [5.41, 5.74) is 7.08. The predicted molar refractivity (Wildman–Crippen MR) is 68.1 cm³/mol. The molecule has 0 fully saturated rings. The van der Waals surface area contributed by atoms with Gasteiger partial charge in [0.1, 0.15) is 0 Å². The van der Waals surface area contributed by atoms with E-state index in [0.717, 1.165) is 13.0 Å². The Bertz CT molecular complexity index is 286. The van der Waals surface area contributed by atoms with Gasteiger partial charge in [-0.1, -0.05) is 48.0 Å². The molecule has 0 heterocycles. The highest BCUT2D eigenvalue weighted by molar-refractivity contribution is 9.10. The van der Waals surface area contributed by atoms with Crippen LogP contribution in [0.3, 0.4) is 0 Å². The molecule has 1 aromatic rings. The molecule has 0 aliphatic heterocycles. The summed E-state index contributed by atoms with van der Waals surface area (Å²) in [5, 5.41) is 0. The maximum Gasteiger partial charge on any atom is 0.0212 e. The van der Waals surface area contributed by atoms with Gasteiger partial charge in [-0.25, -0.2) is 0 Å². The molecule has 1 aromatic carbocycles. The lowest BCUT2D eigenvalue weighted by Gasteiger charge is -2.25. The molecule has 1 nitrogen and oxygen atoms in total. The van der Waals surface area contributed by atoms with Gasteiger partial charge in [0.25, 0.3) is 0 Å². The van der Waals surface area contributed by atoms with E-state index >= 15 is 0 Å². The van der Waals surface area contributed by atoms with Crippen LogP contribution < -0.4 is 5.73 Å². The predicted octanol–water partition coefficient (Wildman–Crippen LogP) is 3.50. The number of benzene rings is 1. The van der Waals surface area contributed by atoms with Crippen LogP contribution in [-0.2, 0) is 5.41 Å². The normalized spacial score (nSPS) is 10.9. The average molecular weight is 279 g/mol. The Morgan fingerprint density at radius 1 is 1.29 bits per heavy atom. The van der Waals surface area contributed by atoms with E-state index in [1.807, 2.05) is 6.07 Å². The minimum Gasteiger partial charge on any atom is -0.330 e. The molecule has 0 amide bonds. The van der Waals surface area contributed by atoms with Crippen molar-refractivity contribution in [2.75, 3.05) is 6.54 Å². The van der Waals surface area contributed by atoms with Crippen LogP contribution >= 0.6 is 28.3 Å². The molecule has 0 atom stereocenters. The summed E-state index contributed by atoms with van der Waals surface area (Å²) in [6.45, 7) is 5.17. The van der Waals surface area contributed by atoms with Gasteiger partial charge in [-0.2, -0.15) is 0 Å². The second-order valence-electron chi connectivity index (χ2n) is 3.90. The third-order valence-electron chi connectivity index (χ3n) is 2.37. The zero-order chi connectivity index (χ0) is 9.90. The highest BCUT2D eigenvalue weighted by atomic mass is 79.9. The van der Waals surface area contributed by atoms with Crippen molar-refractivity contribution in [3.8, 4) is 0 Å². The second kappa shape index (κ2) is 5.74. The Balaban J connectivity index is 0.00000169. The monoisotopic (exact) mass is 277 g/mol. The summed E-state index contributed by atoms with van der Waals surface area (Å²) in [4.78, 5) is 0. The quantitative estimate of drug-likeness (QED) is 0.900. The molecule has 0 saturated carbocycles. The number of hydrogen-bond donors (Lipinski definition) is 1. The zero-order valence-corrected chi connectivity index (χ0v) is 11.0. The van der Waals surface area contributed by atoms with Crippen molar-refractivity contribution in [2.45, 2.75) is 25.7 Å². The number of halogens is 2. The summed E-state index contributed by atoms with van der Waals surface area (Å²) >= 11 is 3.56. The van der Waals surface area contributed by atoms with E-state index in [2.05, 4.69) is 48.0 Å². The molecule has 0 unspecified atom stereocenters. The molecular weight excluding hydrogens is 261 g/mol. The van der Waals surface area contributed by atoms with Crippen molar-refractivity contribution in [2.24, 2.45) is 5.73 Å². The lowest BCUT2D eigenvalue weighted by molar-refractivity contribution is 0.485. The molecule has 14 heavy (non-hydrogen) atoms. The van der Waals surface area contributed by atoms with E-state index in [9.17, 15) is 0 Å². The van der Waals surface area contributed by atoms with Crippen LogP contribution in [0.5, 0.6) is 0 Å². The third-order valence-corrected chi connectivity index (χ3v) is 3.06. The fourth-order valence-corrected chi connectivity index (χ4v) is 2.33. The number of nitrogens with two attached hydrogens (primary N) is 1. The van der Waals surface area contributed by atoms with Crippen molar-refractivity contribution in [3.05, 3.63) is 34.3 Å². The van der Waals surface area contributed by atoms with Gasteiger partial charge >= 0.3 is 0 Å². The molecule has 0 radical (unpaired) electrons. The van der Waals surface area contributed by atoms with Crippen LogP contribution in [-0.4, -0.2) is 6.54 Å². The van der Waals surface area contributed by atoms with Crippen LogP contribution in [0.1, 0.15) is 25.8 Å². The lowest BCUT2D eigenvalue weighted by atomic mass is 9.82. The van der Waals surface area contributed by atoms with Gasteiger partial charge in [-0.05, 0) is 30.0 Å². The van der Waals surface area contributed by atoms with Gasteiger partial charge in [-0.3, -0.25) is 0 Å². The molecule has 2 N–H and O–H groups in total.